The lowest BCUT2D eigenvalue weighted by Crippen LogP contribution is -2.21. The van der Waals surface area contributed by atoms with E-state index in [2.05, 4.69) is 15.2 Å². The Morgan fingerprint density at radius 1 is 1.50 bits per heavy atom. The minimum atomic E-state index is -0.0752. The Bertz CT molecular complexity index is 567. The van der Waals surface area contributed by atoms with Gasteiger partial charge in [0.2, 0.25) is 0 Å². The van der Waals surface area contributed by atoms with E-state index < -0.39 is 0 Å². The fraction of sp³-hybridized carbons (Fsp3) is 0.375. The quantitative estimate of drug-likeness (QED) is 0.595. The first-order chi connectivity index (χ1) is 6.77. The average Bonchev–Trinajstić information content (AvgIpc) is 2.74. The third kappa shape index (κ3) is 0.773. The first-order valence-corrected chi connectivity index (χ1v) is 4.50. The van der Waals surface area contributed by atoms with Crippen molar-refractivity contribution in [2.75, 3.05) is 5.73 Å². The second-order valence-electron chi connectivity index (χ2n) is 3.42. The van der Waals surface area contributed by atoms with Crippen LogP contribution in [0.3, 0.4) is 0 Å². The molecule has 72 valence electrons. The number of nitrogens with one attached hydrogen (secondary N) is 1. The van der Waals surface area contributed by atoms with Crippen molar-refractivity contribution in [3.63, 3.8) is 0 Å². The monoisotopic (exact) mass is 191 g/mol. The number of rotatable bonds is 0. The van der Waals surface area contributed by atoms with Crippen LogP contribution in [-0.2, 0) is 13.0 Å². The molecular weight excluding hydrogens is 182 g/mol. The van der Waals surface area contributed by atoms with Gasteiger partial charge < -0.3 is 5.73 Å². The van der Waals surface area contributed by atoms with Gasteiger partial charge in [-0.2, -0.15) is 5.10 Å². The van der Waals surface area contributed by atoms with Crippen LogP contribution in [0.1, 0.15) is 12.2 Å². The lowest BCUT2D eigenvalue weighted by molar-refractivity contribution is 0.719. The molecule has 0 aliphatic carbocycles. The average molecular weight is 191 g/mol. The summed E-state index contributed by atoms with van der Waals surface area (Å²) in [5, 5.41) is 6.87. The second-order valence-corrected chi connectivity index (χ2v) is 3.42. The highest BCUT2D eigenvalue weighted by Gasteiger charge is 2.18. The number of aromatic nitrogens is 4. The van der Waals surface area contributed by atoms with Crippen LogP contribution in [0.25, 0.3) is 11.0 Å². The molecular formula is C8H9N5O. The summed E-state index contributed by atoms with van der Waals surface area (Å²) in [6, 6.07) is 0. The van der Waals surface area contributed by atoms with Gasteiger partial charge in [0.15, 0.2) is 5.65 Å². The molecule has 3 rings (SSSR count). The summed E-state index contributed by atoms with van der Waals surface area (Å²) >= 11 is 0. The third-order valence-electron chi connectivity index (χ3n) is 2.56. The van der Waals surface area contributed by atoms with E-state index in [1.54, 1.807) is 4.57 Å². The van der Waals surface area contributed by atoms with Crippen LogP contribution < -0.4 is 11.3 Å². The van der Waals surface area contributed by atoms with Gasteiger partial charge in [-0.15, -0.1) is 0 Å². The number of fused-ring (bicyclic) bond motifs is 2. The summed E-state index contributed by atoms with van der Waals surface area (Å²) in [5.41, 5.74) is 5.96. The fourth-order valence-corrected chi connectivity index (χ4v) is 1.89. The van der Waals surface area contributed by atoms with Gasteiger partial charge in [0.05, 0.1) is 0 Å². The zero-order chi connectivity index (χ0) is 9.71. The highest BCUT2D eigenvalue weighted by atomic mass is 16.1. The van der Waals surface area contributed by atoms with E-state index in [1.165, 1.54) is 0 Å². The molecule has 0 amide bonds. The van der Waals surface area contributed by atoms with Gasteiger partial charge in [-0.1, -0.05) is 0 Å². The summed E-state index contributed by atoms with van der Waals surface area (Å²) in [4.78, 5) is 16.2. The van der Waals surface area contributed by atoms with E-state index in [1.807, 2.05) is 0 Å². The summed E-state index contributed by atoms with van der Waals surface area (Å²) in [6.45, 7) is 0.738. The minimum Gasteiger partial charge on any atom is -0.383 e. The van der Waals surface area contributed by atoms with Crippen molar-refractivity contribution >= 4 is 16.9 Å². The van der Waals surface area contributed by atoms with Crippen LogP contribution >= 0.6 is 0 Å². The lowest BCUT2D eigenvalue weighted by atomic mass is 10.3. The van der Waals surface area contributed by atoms with Gasteiger partial charge in [0.1, 0.15) is 17.0 Å². The number of hydrogen-bond acceptors (Lipinski definition) is 4. The SMILES string of the molecule is Nc1[nH]nc2nc3n(c(=O)c12)CCC3. The number of aromatic amines is 1. The molecule has 2 aromatic rings. The van der Waals surface area contributed by atoms with Gasteiger partial charge in [-0.25, -0.2) is 4.98 Å². The molecule has 3 heterocycles. The molecule has 0 fully saturated rings. The maximum atomic E-state index is 11.9. The van der Waals surface area contributed by atoms with Gasteiger partial charge >= 0.3 is 0 Å². The van der Waals surface area contributed by atoms with Crippen molar-refractivity contribution in [3.05, 3.63) is 16.2 Å². The maximum absolute atomic E-state index is 11.9. The Balaban J connectivity index is 2.53. The van der Waals surface area contributed by atoms with Crippen molar-refractivity contribution in [1.29, 1.82) is 0 Å². The first-order valence-electron chi connectivity index (χ1n) is 4.50. The number of anilines is 1. The van der Waals surface area contributed by atoms with Crippen LogP contribution in [0.2, 0.25) is 0 Å². The molecule has 0 atom stereocenters. The van der Waals surface area contributed by atoms with Gasteiger partial charge in [0.25, 0.3) is 5.56 Å². The molecule has 0 aromatic carbocycles. The second kappa shape index (κ2) is 2.34. The van der Waals surface area contributed by atoms with Crippen molar-refractivity contribution in [2.24, 2.45) is 0 Å². The molecule has 0 unspecified atom stereocenters. The summed E-state index contributed by atoms with van der Waals surface area (Å²) in [5.74, 6) is 1.12. The molecule has 1 aliphatic heterocycles. The largest absolute Gasteiger partial charge is 0.383 e. The Morgan fingerprint density at radius 2 is 2.36 bits per heavy atom. The number of H-pyrrole nitrogens is 1. The molecule has 0 bridgehead atoms. The molecule has 0 spiro atoms. The van der Waals surface area contributed by atoms with Crippen LogP contribution in [-0.4, -0.2) is 19.7 Å². The molecule has 6 heteroatoms. The zero-order valence-corrected chi connectivity index (χ0v) is 7.45. The summed E-state index contributed by atoms with van der Waals surface area (Å²) < 4.78 is 1.67. The first kappa shape index (κ1) is 7.54. The molecule has 0 saturated heterocycles. The maximum Gasteiger partial charge on any atom is 0.266 e. The minimum absolute atomic E-state index is 0.0752. The molecule has 1 aliphatic rings. The third-order valence-corrected chi connectivity index (χ3v) is 2.56. The highest BCUT2D eigenvalue weighted by molar-refractivity contribution is 5.84. The summed E-state index contributed by atoms with van der Waals surface area (Å²) in [7, 11) is 0. The van der Waals surface area contributed by atoms with Crippen molar-refractivity contribution in [1.82, 2.24) is 19.7 Å². The smallest absolute Gasteiger partial charge is 0.266 e. The number of nitrogens with two attached hydrogens (primary N) is 1. The van der Waals surface area contributed by atoms with Crippen LogP contribution in [0.15, 0.2) is 4.79 Å². The molecule has 14 heavy (non-hydrogen) atoms. The molecule has 0 saturated carbocycles. The van der Waals surface area contributed by atoms with Crippen LogP contribution in [0.5, 0.6) is 0 Å². The predicted molar refractivity (Wildman–Crippen MR) is 50.9 cm³/mol. The van der Waals surface area contributed by atoms with Gasteiger partial charge in [0, 0.05) is 13.0 Å². The number of hydrogen-bond donors (Lipinski definition) is 2. The molecule has 6 nitrogen and oxygen atoms in total. The van der Waals surface area contributed by atoms with Crippen molar-refractivity contribution < 1.29 is 0 Å². The normalized spacial score (nSPS) is 14.9. The Labute approximate surface area is 78.8 Å². The molecule has 3 N–H and O–H groups in total. The van der Waals surface area contributed by atoms with Gasteiger partial charge in [-0.3, -0.25) is 14.5 Å². The standard InChI is InChI=1S/C8H9N5O/c9-6-5-7(12-11-6)10-4-2-1-3-13(4)8(5)14/h1-3H2,(H3,9,11,12). The summed E-state index contributed by atoms with van der Waals surface area (Å²) in [6.07, 6.45) is 1.82. The fourth-order valence-electron chi connectivity index (χ4n) is 1.89. The topological polar surface area (TPSA) is 89.6 Å². The van der Waals surface area contributed by atoms with E-state index >= 15 is 0 Å². The van der Waals surface area contributed by atoms with E-state index in [0.29, 0.717) is 16.9 Å². The predicted octanol–water partition coefficient (Wildman–Crippen LogP) is -0.352. The molecule has 2 aromatic heterocycles. The van der Waals surface area contributed by atoms with Crippen molar-refractivity contribution in [2.45, 2.75) is 19.4 Å². The van der Waals surface area contributed by atoms with E-state index in [-0.39, 0.29) is 5.56 Å². The number of nitrogens with zero attached hydrogens (tertiary/aromatic N) is 3. The van der Waals surface area contributed by atoms with E-state index in [0.717, 1.165) is 25.2 Å². The van der Waals surface area contributed by atoms with Gasteiger partial charge in [-0.05, 0) is 6.42 Å². The van der Waals surface area contributed by atoms with Crippen LogP contribution in [0, 0.1) is 0 Å². The molecule has 0 radical (unpaired) electrons. The Hall–Kier alpha value is -1.85. The Morgan fingerprint density at radius 3 is 3.21 bits per heavy atom. The Kier molecular flexibility index (Phi) is 1.26. The highest BCUT2D eigenvalue weighted by Crippen LogP contribution is 2.15. The van der Waals surface area contributed by atoms with Crippen molar-refractivity contribution in [3.8, 4) is 0 Å². The zero-order valence-electron chi connectivity index (χ0n) is 7.45. The number of nitrogen functional groups attached to an aromatic ring is 1. The van der Waals surface area contributed by atoms with Crippen LogP contribution in [0.4, 0.5) is 5.82 Å². The van der Waals surface area contributed by atoms with E-state index in [4.69, 9.17) is 5.73 Å². The lowest BCUT2D eigenvalue weighted by Gasteiger charge is -2.00. The number of aryl methyl sites for hydroxylation is 1. The van der Waals surface area contributed by atoms with E-state index in [9.17, 15) is 4.79 Å².